The minimum Gasteiger partial charge on any atom is -0.368 e. The van der Waals surface area contributed by atoms with Gasteiger partial charge in [-0.3, -0.25) is 4.79 Å². The van der Waals surface area contributed by atoms with Crippen molar-refractivity contribution in [3.05, 3.63) is 58.8 Å². The van der Waals surface area contributed by atoms with Crippen LogP contribution in [0.4, 0.5) is 10.1 Å². The number of nitrogens with zero attached hydrogens (tertiary/aromatic N) is 3. The Morgan fingerprint density at radius 3 is 2.17 bits per heavy atom. The molecule has 2 aromatic carbocycles. The molecule has 1 fully saturated rings. The van der Waals surface area contributed by atoms with Gasteiger partial charge in [0.2, 0.25) is 15.9 Å². The molecule has 1 heterocycles. The number of amides is 1. The Hall–Kier alpha value is -1.97. The normalized spacial score (nSPS) is 15.0. The van der Waals surface area contributed by atoms with Crippen LogP contribution in [0.25, 0.3) is 0 Å². The van der Waals surface area contributed by atoms with E-state index < -0.39 is 10.0 Å². The highest BCUT2D eigenvalue weighted by molar-refractivity contribution is 9.10. The van der Waals surface area contributed by atoms with Crippen molar-refractivity contribution in [2.45, 2.75) is 11.8 Å². The second-order valence-electron chi connectivity index (χ2n) is 6.73. The number of likely N-dealkylation sites (N-methyl/N-ethyl adjacent to an activating group) is 1. The summed E-state index contributed by atoms with van der Waals surface area (Å²) < 4.78 is 40.8. The van der Waals surface area contributed by atoms with Gasteiger partial charge in [-0.25, -0.2) is 12.8 Å². The molecule has 9 heteroatoms. The fraction of sp³-hybridized carbons (Fsp3) is 0.350. The van der Waals surface area contributed by atoms with Crippen molar-refractivity contribution in [2.75, 3.05) is 44.2 Å². The Labute approximate surface area is 179 Å². The van der Waals surface area contributed by atoms with Crippen molar-refractivity contribution >= 4 is 37.5 Å². The van der Waals surface area contributed by atoms with Crippen molar-refractivity contribution in [1.29, 1.82) is 0 Å². The number of sulfonamides is 1. The topological polar surface area (TPSA) is 60.9 Å². The summed E-state index contributed by atoms with van der Waals surface area (Å²) in [5.41, 5.74) is 0.909. The van der Waals surface area contributed by atoms with Gasteiger partial charge in [-0.1, -0.05) is 22.9 Å². The van der Waals surface area contributed by atoms with Crippen LogP contribution < -0.4 is 4.90 Å². The molecule has 29 heavy (non-hydrogen) atoms. The third kappa shape index (κ3) is 5.15. The Morgan fingerprint density at radius 2 is 1.62 bits per heavy atom. The molecule has 1 saturated heterocycles. The maximum atomic E-state index is 13.1. The molecule has 0 bridgehead atoms. The summed E-state index contributed by atoms with van der Waals surface area (Å²) in [6.45, 7) is 3.95. The van der Waals surface area contributed by atoms with Crippen molar-refractivity contribution in [2.24, 2.45) is 0 Å². The molecule has 0 aromatic heterocycles. The van der Waals surface area contributed by atoms with E-state index >= 15 is 0 Å². The Balaban J connectivity index is 1.61. The predicted octanol–water partition coefficient (Wildman–Crippen LogP) is 2.95. The molecule has 1 aliphatic heterocycles. The van der Waals surface area contributed by atoms with Gasteiger partial charge in [0.1, 0.15) is 5.82 Å². The van der Waals surface area contributed by atoms with E-state index in [4.69, 9.17) is 0 Å². The van der Waals surface area contributed by atoms with Gasteiger partial charge < -0.3 is 9.80 Å². The third-order valence-corrected chi connectivity index (χ3v) is 7.40. The van der Waals surface area contributed by atoms with Gasteiger partial charge in [-0.15, -0.1) is 0 Å². The fourth-order valence-electron chi connectivity index (χ4n) is 3.24. The largest absolute Gasteiger partial charge is 0.368 e. The van der Waals surface area contributed by atoms with Gasteiger partial charge in [0.25, 0.3) is 0 Å². The summed E-state index contributed by atoms with van der Waals surface area (Å²) in [6, 6.07) is 12.6. The maximum absolute atomic E-state index is 13.1. The van der Waals surface area contributed by atoms with E-state index in [-0.39, 0.29) is 29.7 Å². The number of benzene rings is 2. The molecule has 0 N–H and O–H groups in total. The summed E-state index contributed by atoms with van der Waals surface area (Å²) >= 11 is 3.29. The molecule has 1 amide bonds. The van der Waals surface area contributed by atoms with E-state index in [9.17, 15) is 17.6 Å². The van der Waals surface area contributed by atoms with Crippen LogP contribution in [-0.2, 0) is 14.8 Å². The molecule has 0 spiro atoms. The first kappa shape index (κ1) is 21.7. The number of carbonyl (C=O) groups is 1. The van der Waals surface area contributed by atoms with E-state index in [2.05, 4.69) is 20.8 Å². The van der Waals surface area contributed by atoms with E-state index in [0.29, 0.717) is 26.2 Å². The lowest BCUT2D eigenvalue weighted by Crippen LogP contribution is -2.51. The Morgan fingerprint density at radius 1 is 1.03 bits per heavy atom. The standard InChI is InChI=1S/C20H23BrFN3O3S/c1-2-25(29(27,28)19-9-3-16(21)4-10-19)15-20(26)24-13-11-23(12-14-24)18-7-5-17(22)6-8-18/h3-10H,2,11-15H2,1H3. The number of rotatable bonds is 6. The first-order chi connectivity index (χ1) is 13.8. The van der Waals surface area contributed by atoms with Crippen molar-refractivity contribution in [3.63, 3.8) is 0 Å². The second-order valence-corrected chi connectivity index (χ2v) is 9.58. The minimum atomic E-state index is -3.74. The van der Waals surface area contributed by atoms with Crippen LogP contribution in [0.15, 0.2) is 57.9 Å². The summed E-state index contributed by atoms with van der Waals surface area (Å²) in [6.07, 6.45) is 0. The van der Waals surface area contributed by atoms with Gasteiger partial charge in [0.05, 0.1) is 11.4 Å². The van der Waals surface area contributed by atoms with Crippen molar-refractivity contribution in [3.8, 4) is 0 Å². The summed E-state index contributed by atoms with van der Waals surface area (Å²) in [5, 5.41) is 0. The third-order valence-electron chi connectivity index (χ3n) is 4.94. The van der Waals surface area contributed by atoms with Crippen molar-refractivity contribution in [1.82, 2.24) is 9.21 Å². The number of halogens is 2. The summed E-state index contributed by atoms with van der Waals surface area (Å²) in [4.78, 5) is 16.7. The highest BCUT2D eigenvalue weighted by Gasteiger charge is 2.28. The number of hydrogen-bond acceptors (Lipinski definition) is 4. The van der Waals surface area contributed by atoms with E-state index in [0.717, 1.165) is 10.2 Å². The molecule has 156 valence electrons. The van der Waals surface area contributed by atoms with Crippen LogP contribution in [-0.4, -0.2) is 62.8 Å². The quantitative estimate of drug-likeness (QED) is 0.633. The Bertz CT molecular complexity index is 944. The van der Waals surface area contributed by atoms with Gasteiger partial charge in [0, 0.05) is 42.9 Å². The molecule has 0 atom stereocenters. The lowest BCUT2D eigenvalue weighted by atomic mass is 10.2. The van der Waals surface area contributed by atoms with Crippen LogP contribution >= 0.6 is 15.9 Å². The molecule has 1 aliphatic rings. The number of hydrogen-bond donors (Lipinski definition) is 0. The van der Waals surface area contributed by atoms with Gasteiger partial charge in [-0.2, -0.15) is 4.31 Å². The molecule has 6 nitrogen and oxygen atoms in total. The highest BCUT2D eigenvalue weighted by atomic mass is 79.9. The lowest BCUT2D eigenvalue weighted by Gasteiger charge is -2.36. The minimum absolute atomic E-state index is 0.163. The highest BCUT2D eigenvalue weighted by Crippen LogP contribution is 2.20. The smallest absolute Gasteiger partial charge is 0.243 e. The van der Waals surface area contributed by atoms with Crippen molar-refractivity contribution < 1.29 is 17.6 Å². The fourth-order valence-corrected chi connectivity index (χ4v) is 4.90. The molecular weight excluding hydrogens is 461 g/mol. The molecule has 0 aliphatic carbocycles. The first-order valence-corrected chi connectivity index (χ1v) is 11.6. The zero-order valence-electron chi connectivity index (χ0n) is 16.1. The number of carbonyl (C=O) groups excluding carboxylic acids is 1. The predicted molar refractivity (Wildman–Crippen MR) is 114 cm³/mol. The molecular formula is C20H23BrFN3O3S. The van der Waals surface area contributed by atoms with Gasteiger partial charge in [-0.05, 0) is 48.5 Å². The molecule has 3 rings (SSSR count). The molecule has 2 aromatic rings. The lowest BCUT2D eigenvalue weighted by molar-refractivity contribution is -0.131. The van der Waals surface area contributed by atoms with E-state index in [1.807, 2.05) is 0 Å². The van der Waals surface area contributed by atoms with E-state index in [1.54, 1.807) is 36.1 Å². The number of anilines is 1. The van der Waals surface area contributed by atoms with E-state index in [1.165, 1.54) is 28.6 Å². The van der Waals surface area contributed by atoms with Gasteiger partial charge in [0.15, 0.2) is 0 Å². The van der Waals surface area contributed by atoms with Crippen LogP contribution in [0, 0.1) is 5.82 Å². The monoisotopic (exact) mass is 483 g/mol. The zero-order valence-corrected chi connectivity index (χ0v) is 18.5. The van der Waals surface area contributed by atoms with Crippen LogP contribution in [0.2, 0.25) is 0 Å². The number of piperazine rings is 1. The molecule has 0 radical (unpaired) electrons. The Kier molecular flexibility index (Phi) is 6.92. The maximum Gasteiger partial charge on any atom is 0.243 e. The zero-order chi connectivity index (χ0) is 21.0. The summed E-state index contributed by atoms with van der Waals surface area (Å²) in [7, 11) is -3.74. The van der Waals surface area contributed by atoms with Crippen LogP contribution in [0.1, 0.15) is 6.92 Å². The summed E-state index contributed by atoms with van der Waals surface area (Å²) in [5.74, 6) is -0.500. The first-order valence-electron chi connectivity index (χ1n) is 9.35. The van der Waals surface area contributed by atoms with Crippen LogP contribution in [0.5, 0.6) is 0 Å². The second kappa shape index (κ2) is 9.23. The van der Waals surface area contributed by atoms with Gasteiger partial charge >= 0.3 is 0 Å². The average Bonchev–Trinajstić information content (AvgIpc) is 2.72. The van der Waals surface area contributed by atoms with Crippen LogP contribution in [0.3, 0.4) is 0 Å². The average molecular weight is 484 g/mol. The SMILES string of the molecule is CCN(CC(=O)N1CCN(c2ccc(F)cc2)CC1)S(=O)(=O)c1ccc(Br)cc1. The molecule has 0 saturated carbocycles. The molecule has 0 unspecified atom stereocenters.